The average molecular weight is 275 g/mol. The zero-order valence-corrected chi connectivity index (χ0v) is 10.5. The van der Waals surface area contributed by atoms with Gasteiger partial charge in [-0.25, -0.2) is 9.37 Å². The zero-order valence-electron chi connectivity index (χ0n) is 9.70. The lowest BCUT2D eigenvalue weighted by atomic mass is 10.2. The van der Waals surface area contributed by atoms with Crippen molar-refractivity contribution in [1.82, 2.24) is 10.3 Å². The molecule has 0 radical (unpaired) electrons. The molecule has 18 heavy (non-hydrogen) atoms. The van der Waals surface area contributed by atoms with Crippen LogP contribution in [0.5, 0.6) is 0 Å². The number of nitrogens with zero attached hydrogens (tertiary/aromatic N) is 1. The molecule has 5 nitrogen and oxygen atoms in total. The van der Waals surface area contributed by atoms with Crippen molar-refractivity contribution in [2.45, 2.75) is 12.8 Å². The molecule has 0 saturated heterocycles. The van der Waals surface area contributed by atoms with E-state index in [0.717, 1.165) is 6.07 Å². The van der Waals surface area contributed by atoms with Crippen LogP contribution in [0.25, 0.3) is 0 Å². The lowest BCUT2D eigenvalue weighted by Gasteiger charge is -2.04. The van der Waals surface area contributed by atoms with E-state index in [2.05, 4.69) is 15.0 Å². The molecule has 1 aromatic rings. The van der Waals surface area contributed by atoms with Gasteiger partial charge >= 0.3 is 5.97 Å². The number of carbonyl (C=O) groups excluding carboxylic acids is 2. The standard InChI is InChI=1S/C11H12ClFN2O3/c1-18-9(16)3-2-4-14-11(17)7-5-8(13)10(12)15-6-7/h5-6H,2-4H2,1H3,(H,14,17). The number of pyridine rings is 1. The molecule has 7 heteroatoms. The van der Waals surface area contributed by atoms with Crippen LogP contribution in [0.15, 0.2) is 12.3 Å². The van der Waals surface area contributed by atoms with Crippen molar-refractivity contribution >= 4 is 23.5 Å². The van der Waals surface area contributed by atoms with Gasteiger partial charge in [-0.15, -0.1) is 0 Å². The number of ether oxygens (including phenoxy) is 1. The molecule has 1 amide bonds. The van der Waals surface area contributed by atoms with Crippen LogP contribution in [0.1, 0.15) is 23.2 Å². The molecule has 0 aliphatic rings. The SMILES string of the molecule is COC(=O)CCCNC(=O)c1cnc(Cl)c(F)c1. The first-order valence-electron chi connectivity index (χ1n) is 5.20. The van der Waals surface area contributed by atoms with E-state index in [9.17, 15) is 14.0 Å². The third-order valence-corrected chi connectivity index (χ3v) is 2.41. The molecule has 0 spiro atoms. The van der Waals surface area contributed by atoms with E-state index in [-0.39, 0.29) is 29.7 Å². The van der Waals surface area contributed by atoms with Gasteiger partial charge in [0, 0.05) is 19.2 Å². The molecular formula is C11H12ClFN2O3. The van der Waals surface area contributed by atoms with Gasteiger partial charge in [0.05, 0.1) is 12.7 Å². The Morgan fingerprint density at radius 3 is 2.89 bits per heavy atom. The number of hydrogen-bond donors (Lipinski definition) is 1. The van der Waals surface area contributed by atoms with E-state index in [0.29, 0.717) is 6.42 Å². The molecule has 1 aromatic heterocycles. The van der Waals surface area contributed by atoms with Crippen molar-refractivity contribution in [3.63, 3.8) is 0 Å². The minimum Gasteiger partial charge on any atom is -0.469 e. The lowest BCUT2D eigenvalue weighted by Crippen LogP contribution is -2.25. The van der Waals surface area contributed by atoms with Crippen LogP contribution in [-0.4, -0.2) is 30.5 Å². The van der Waals surface area contributed by atoms with E-state index in [4.69, 9.17) is 11.6 Å². The van der Waals surface area contributed by atoms with E-state index >= 15 is 0 Å². The van der Waals surface area contributed by atoms with Gasteiger partial charge in [0.2, 0.25) is 0 Å². The third kappa shape index (κ3) is 4.29. The number of amides is 1. The average Bonchev–Trinajstić information content (AvgIpc) is 2.37. The number of nitrogens with one attached hydrogen (secondary N) is 1. The Morgan fingerprint density at radius 1 is 1.56 bits per heavy atom. The summed E-state index contributed by atoms with van der Waals surface area (Å²) in [6.07, 6.45) is 1.84. The highest BCUT2D eigenvalue weighted by Crippen LogP contribution is 2.11. The molecule has 0 bridgehead atoms. The summed E-state index contributed by atoms with van der Waals surface area (Å²) in [7, 11) is 1.29. The van der Waals surface area contributed by atoms with Crippen LogP contribution in [-0.2, 0) is 9.53 Å². The maximum absolute atomic E-state index is 13.0. The van der Waals surface area contributed by atoms with Crippen molar-refractivity contribution < 1.29 is 18.7 Å². The van der Waals surface area contributed by atoms with Crippen molar-refractivity contribution in [2.24, 2.45) is 0 Å². The summed E-state index contributed by atoms with van der Waals surface area (Å²) in [5, 5.41) is 2.25. The molecule has 0 atom stereocenters. The Bertz CT molecular complexity index is 454. The first kappa shape index (κ1) is 14.4. The highest BCUT2D eigenvalue weighted by molar-refractivity contribution is 6.29. The lowest BCUT2D eigenvalue weighted by molar-refractivity contribution is -0.140. The second-order valence-electron chi connectivity index (χ2n) is 3.43. The molecule has 0 unspecified atom stereocenters. The second kappa shape index (κ2) is 6.90. The Kier molecular flexibility index (Phi) is 5.51. The van der Waals surface area contributed by atoms with E-state index in [1.54, 1.807) is 0 Å². The maximum Gasteiger partial charge on any atom is 0.305 e. The normalized spacial score (nSPS) is 9.94. The fourth-order valence-corrected chi connectivity index (χ4v) is 1.29. The highest BCUT2D eigenvalue weighted by atomic mass is 35.5. The molecule has 0 aliphatic heterocycles. The topological polar surface area (TPSA) is 68.3 Å². The molecule has 1 rings (SSSR count). The Balaban J connectivity index is 2.41. The van der Waals surface area contributed by atoms with Crippen molar-refractivity contribution in [1.29, 1.82) is 0 Å². The monoisotopic (exact) mass is 274 g/mol. The first-order valence-corrected chi connectivity index (χ1v) is 5.58. The Labute approximate surface area is 108 Å². The van der Waals surface area contributed by atoms with E-state index in [1.807, 2.05) is 0 Å². The summed E-state index contributed by atoms with van der Waals surface area (Å²) in [6.45, 7) is 0.290. The third-order valence-electron chi connectivity index (χ3n) is 2.13. The molecule has 0 saturated carbocycles. The zero-order chi connectivity index (χ0) is 13.5. The number of methoxy groups -OCH3 is 1. The van der Waals surface area contributed by atoms with Crippen molar-refractivity contribution in [3.8, 4) is 0 Å². The molecule has 1 N–H and O–H groups in total. The van der Waals surface area contributed by atoms with Gasteiger partial charge in [-0.3, -0.25) is 9.59 Å². The van der Waals surface area contributed by atoms with Crippen molar-refractivity contribution in [3.05, 3.63) is 28.8 Å². The summed E-state index contributed by atoms with van der Waals surface area (Å²) >= 11 is 5.39. The van der Waals surface area contributed by atoms with Gasteiger partial charge in [0.1, 0.15) is 0 Å². The van der Waals surface area contributed by atoms with Gasteiger partial charge < -0.3 is 10.1 Å². The van der Waals surface area contributed by atoms with Crippen LogP contribution >= 0.6 is 11.6 Å². The van der Waals surface area contributed by atoms with Gasteiger partial charge in [0.15, 0.2) is 11.0 Å². The van der Waals surface area contributed by atoms with Gasteiger partial charge in [0.25, 0.3) is 5.91 Å². The predicted octanol–water partition coefficient (Wildman–Crippen LogP) is 1.56. The predicted molar refractivity (Wildman–Crippen MR) is 62.8 cm³/mol. The largest absolute Gasteiger partial charge is 0.469 e. The molecular weight excluding hydrogens is 263 g/mol. The number of rotatable bonds is 5. The van der Waals surface area contributed by atoms with Crippen LogP contribution < -0.4 is 5.32 Å². The number of hydrogen-bond acceptors (Lipinski definition) is 4. The van der Waals surface area contributed by atoms with Gasteiger partial charge in [-0.2, -0.15) is 0 Å². The fraction of sp³-hybridized carbons (Fsp3) is 0.364. The molecule has 0 aliphatic carbocycles. The number of carbonyl (C=O) groups is 2. The minimum atomic E-state index is -0.751. The second-order valence-corrected chi connectivity index (χ2v) is 3.79. The first-order chi connectivity index (χ1) is 8.54. The number of esters is 1. The Hall–Kier alpha value is -1.69. The van der Waals surface area contributed by atoms with Crippen LogP contribution in [0.3, 0.4) is 0 Å². The summed E-state index contributed by atoms with van der Waals surface area (Å²) in [4.78, 5) is 25.9. The number of aromatic nitrogens is 1. The summed E-state index contributed by atoms with van der Waals surface area (Å²) < 4.78 is 17.5. The van der Waals surface area contributed by atoms with Gasteiger partial charge in [-0.1, -0.05) is 11.6 Å². The smallest absolute Gasteiger partial charge is 0.305 e. The molecule has 1 heterocycles. The quantitative estimate of drug-likeness (QED) is 0.503. The molecule has 98 valence electrons. The summed E-state index contributed by atoms with van der Waals surface area (Å²) in [5.41, 5.74) is 0.0787. The molecule has 0 fully saturated rings. The van der Waals surface area contributed by atoms with Crippen LogP contribution in [0.4, 0.5) is 4.39 Å². The minimum absolute atomic E-state index is 0.0787. The fourth-order valence-electron chi connectivity index (χ4n) is 1.18. The Morgan fingerprint density at radius 2 is 2.28 bits per heavy atom. The number of halogens is 2. The van der Waals surface area contributed by atoms with E-state index in [1.165, 1.54) is 13.3 Å². The maximum atomic E-state index is 13.0. The highest BCUT2D eigenvalue weighted by Gasteiger charge is 2.09. The van der Waals surface area contributed by atoms with Crippen LogP contribution in [0, 0.1) is 5.82 Å². The summed E-state index contributed by atoms with van der Waals surface area (Å²) in [5.74, 6) is -1.56. The van der Waals surface area contributed by atoms with Crippen LogP contribution in [0.2, 0.25) is 5.15 Å². The van der Waals surface area contributed by atoms with E-state index < -0.39 is 11.7 Å². The summed E-state index contributed by atoms with van der Waals surface area (Å²) in [6, 6.07) is 1.00. The van der Waals surface area contributed by atoms with Crippen molar-refractivity contribution in [2.75, 3.05) is 13.7 Å². The van der Waals surface area contributed by atoms with Gasteiger partial charge in [-0.05, 0) is 12.5 Å². The molecule has 0 aromatic carbocycles.